The first-order valence-corrected chi connectivity index (χ1v) is 9.05. The molecule has 0 bridgehead atoms. The molecule has 0 radical (unpaired) electrons. The number of hydrogen-bond donors (Lipinski definition) is 1. The molecular formula is C20H18N6O3. The molecule has 3 heterocycles. The van der Waals surface area contributed by atoms with E-state index in [2.05, 4.69) is 15.2 Å². The summed E-state index contributed by atoms with van der Waals surface area (Å²) in [5.74, 6) is 1.30. The van der Waals surface area contributed by atoms with E-state index in [0.29, 0.717) is 54.7 Å². The van der Waals surface area contributed by atoms with Gasteiger partial charge < -0.3 is 19.6 Å². The Bertz CT molecular complexity index is 1100. The minimum atomic E-state index is -0.897. The predicted molar refractivity (Wildman–Crippen MR) is 106 cm³/mol. The van der Waals surface area contributed by atoms with E-state index in [-0.39, 0.29) is 0 Å². The molecule has 1 N–H and O–H groups in total. The Morgan fingerprint density at radius 1 is 1.14 bits per heavy atom. The third kappa shape index (κ3) is 3.60. The zero-order valence-electron chi connectivity index (χ0n) is 15.7. The highest BCUT2D eigenvalue weighted by atomic mass is 16.5. The van der Waals surface area contributed by atoms with Crippen LogP contribution in [-0.4, -0.2) is 64.6 Å². The molecular weight excluding hydrogens is 372 g/mol. The lowest BCUT2D eigenvalue weighted by molar-refractivity contribution is 0.142. The van der Waals surface area contributed by atoms with E-state index in [1.807, 2.05) is 35.2 Å². The van der Waals surface area contributed by atoms with Crippen LogP contribution in [0.2, 0.25) is 0 Å². The van der Waals surface area contributed by atoms with Gasteiger partial charge in [-0.15, -0.1) is 10.2 Å². The average molecular weight is 390 g/mol. The number of amides is 1. The number of benzene rings is 1. The summed E-state index contributed by atoms with van der Waals surface area (Å²) in [6.07, 6.45) is -0.897. The number of nitrogens with zero attached hydrogens (tertiary/aromatic N) is 6. The van der Waals surface area contributed by atoms with Gasteiger partial charge in [-0.3, -0.25) is 0 Å². The van der Waals surface area contributed by atoms with Crippen LogP contribution >= 0.6 is 0 Å². The first kappa shape index (κ1) is 18.4. The van der Waals surface area contributed by atoms with E-state index in [0.717, 1.165) is 10.9 Å². The molecule has 1 aliphatic rings. The molecule has 0 atom stereocenters. The molecule has 3 aromatic rings. The summed E-state index contributed by atoms with van der Waals surface area (Å²) in [5.41, 5.74) is 2.45. The highest BCUT2D eigenvalue weighted by Crippen LogP contribution is 2.33. The highest BCUT2D eigenvalue weighted by Gasteiger charge is 2.21. The van der Waals surface area contributed by atoms with Crippen molar-refractivity contribution in [3.05, 3.63) is 42.1 Å². The number of carbonyl (C=O) groups is 1. The van der Waals surface area contributed by atoms with E-state index < -0.39 is 6.09 Å². The number of rotatable bonds is 3. The Hall–Kier alpha value is -3.93. The SMILES string of the molecule is COc1cc2nc(C#N)ccc2cc1-c1ccc(N2CCN(C(=O)O)CC2)nn1. The topological polar surface area (TPSA) is 115 Å². The summed E-state index contributed by atoms with van der Waals surface area (Å²) >= 11 is 0. The molecule has 2 aromatic heterocycles. The van der Waals surface area contributed by atoms with E-state index in [9.17, 15) is 4.79 Å². The van der Waals surface area contributed by atoms with Crippen molar-refractivity contribution < 1.29 is 14.6 Å². The number of fused-ring (bicyclic) bond motifs is 1. The van der Waals surface area contributed by atoms with Gasteiger partial charge in [-0.25, -0.2) is 9.78 Å². The summed E-state index contributed by atoms with van der Waals surface area (Å²) in [7, 11) is 1.57. The molecule has 29 heavy (non-hydrogen) atoms. The standard InChI is InChI=1S/C20H18N6O3/c1-29-18-11-17-13(2-3-14(12-21)22-17)10-15(18)16-4-5-19(24-23-16)25-6-8-26(9-7-25)20(27)28/h2-5,10-11H,6-9H2,1H3,(H,27,28). The minimum Gasteiger partial charge on any atom is -0.496 e. The highest BCUT2D eigenvalue weighted by molar-refractivity contribution is 5.87. The van der Waals surface area contributed by atoms with Crippen LogP contribution in [0.15, 0.2) is 36.4 Å². The van der Waals surface area contributed by atoms with Crippen molar-refractivity contribution in [1.82, 2.24) is 20.1 Å². The van der Waals surface area contributed by atoms with Gasteiger partial charge in [0.2, 0.25) is 0 Å². The van der Waals surface area contributed by atoms with Crippen molar-refractivity contribution in [3.63, 3.8) is 0 Å². The smallest absolute Gasteiger partial charge is 0.407 e. The second kappa shape index (κ2) is 7.59. The number of aromatic nitrogens is 3. The number of methoxy groups -OCH3 is 1. The van der Waals surface area contributed by atoms with Gasteiger partial charge >= 0.3 is 6.09 Å². The summed E-state index contributed by atoms with van der Waals surface area (Å²) in [4.78, 5) is 18.7. The number of hydrogen-bond acceptors (Lipinski definition) is 7. The molecule has 9 nitrogen and oxygen atoms in total. The van der Waals surface area contributed by atoms with Gasteiger partial charge in [-0.1, -0.05) is 0 Å². The monoisotopic (exact) mass is 390 g/mol. The first-order chi connectivity index (χ1) is 14.1. The van der Waals surface area contributed by atoms with Crippen LogP contribution in [0.25, 0.3) is 22.2 Å². The number of piperazine rings is 1. The van der Waals surface area contributed by atoms with Gasteiger partial charge in [0.05, 0.1) is 18.3 Å². The molecule has 4 rings (SSSR count). The van der Waals surface area contributed by atoms with Crippen molar-refractivity contribution in [2.24, 2.45) is 0 Å². The van der Waals surface area contributed by atoms with Crippen molar-refractivity contribution in [1.29, 1.82) is 5.26 Å². The van der Waals surface area contributed by atoms with E-state index >= 15 is 0 Å². The Morgan fingerprint density at radius 2 is 1.93 bits per heavy atom. The van der Waals surface area contributed by atoms with Crippen molar-refractivity contribution in [2.75, 3.05) is 38.2 Å². The summed E-state index contributed by atoms with van der Waals surface area (Å²) in [5, 5.41) is 27.6. The van der Waals surface area contributed by atoms with Crippen molar-refractivity contribution in [3.8, 4) is 23.1 Å². The number of pyridine rings is 1. The lowest BCUT2D eigenvalue weighted by atomic mass is 10.1. The van der Waals surface area contributed by atoms with Crippen LogP contribution in [0.3, 0.4) is 0 Å². The quantitative estimate of drug-likeness (QED) is 0.725. The van der Waals surface area contributed by atoms with Crippen LogP contribution in [0.5, 0.6) is 5.75 Å². The lowest BCUT2D eigenvalue weighted by Crippen LogP contribution is -2.48. The van der Waals surface area contributed by atoms with E-state index in [1.54, 1.807) is 19.2 Å². The number of carboxylic acid groups (broad SMARTS) is 1. The second-order valence-corrected chi connectivity index (χ2v) is 6.59. The Morgan fingerprint density at radius 3 is 2.55 bits per heavy atom. The van der Waals surface area contributed by atoms with Gasteiger partial charge in [0.1, 0.15) is 17.5 Å². The molecule has 1 aliphatic heterocycles. The molecule has 0 unspecified atom stereocenters. The van der Waals surface area contributed by atoms with Gasteiger partial charge in [-0.2, -0.15) is 5.26 Å². The number of anilines is 1. The van der Waals surface area contributed by atoms with Crippen LogP contribution < -0.4 is 9.64 Å². The lowest BCUT2D eigenvalue weighted by Gasteiger charge is -2.33. The third-order valence-electron chi connectivity index (χ3n) is 4.93. The maximum atomic E-state index is 11.0. The Kier molecular flexibility index (Phi) is 4.83. The van der Waals surface area contributed by atoms with Crippen LogP contribution in [0, 0.1) is 11.3 Å². The minimum absolute atomic E-state index is 0.347. The average Bonchev–Trinajstić information content (AvgIpc) is 2.78. The fraction of sp³-hybridized carbons (Fsp3) is 0.250. The molecule has 1 fully saturated rings. The maximum Gasteiger partial charge on any atom is 0.407 e. The second-order valence-electron chi connectivity index (χ2n) is 6.59. The molecule has 0 saturated carbocycles. The largest absolute Gasteiger partial charge is 0.496 e. The van der Waals surface area contributed by atoms with Crippen molar-refractivity contribution in [2.45, 2.75) is 0 Å². The maximum absolute atomic E-state index is 11.0. The van der Waals surface area contributed by atoms with Crippen LogP contribution in [-0.2, 0) is 0 Å². The molecule has 0 spiro atoms. The fourth-order valence-electron chi connectivity index (χ4n) is 3.35. The first-order valence-electron chi connectivity index (χ1n) is 9.05. The molecule has 1 saturated heterocycles. The van der Waals surface area contributed by atoms with Gasteiger partial charge in [0.15, 0.2) is 5.82 Å². The fourth-order valence-corrected chi connectivity index (χ4v) is 3.35. The Labute approximate surface area is 166 Å². The third-order valence-corrected chi connectivity index (χ3v) is 4.93. The van der Waals surface area contributed by atoms with Crippen molar-refractivity contribution >= 4 is 22.8 Å². The summed E-state index contributed by atoms with van der Waals surface area (Å²) in [6, 6.07) is 13.0. The molecule has 9 heteroatoms. The van der Waals surface area contributed by atoms with Crippen LogP contribution in [0.1, 0.15) is 5.69 Å². The number of ether oxygens (including phenoxy) is 1. The molecule has 1 aromatic carbocycles. The molecule has 1 amide bonds. The number of nitriles is 1. The zero-order valence-corrected chi connectivity index (χ0v) is 15.7. The normalized spacial score (nSPS) is 13.9. The summed E-state index contributed by atoms with van der Waals surface area (Å²) in [6.45, 7) is 2.03. The Balaban J connectivity index is 1.61. The van der Waals surface area contributed by atoms with Gasteiger partial charge in [0, 0.05) is 43.2 Å². The molecule has 146 valence electrons. The summed E-state index contributed by atoms with van der Waals surface area (Å²) < 4.78 is 5.50. The zero-order chi connectivity index (χ0) is 20.4. The van der Waals surface area contributed by atoms with Crippen LogP contribution in [0.4, 0.5) is 10.6 Å². The molecule has 0 aliphatic carbocycles. The van der Waals surface area contributed by atoms with Gasteiger partial charge in [0.25, 0.3) is 0 Å². The van der Waals surface area contributed by atoms with E-state index in [4.69, 9.17) is 15.1 Å². The van der Waals surface area contributed by atoms with Gasteiger partial charge in [-0.05, 0) is 30.3 Å². The van der Waals surface area contributed by atoms with E-state index in [1.165, 1.54) is 4.90 Å². The predicted octanol–water partition coefficient (Wildman–Crippen LogP) is 2.37.